The molecular formula is C15H25BO4. The van der Waals surface area contributed by atoms with E-state index in [1.165, 1.54) is 7.11 Å². The molecule has 0 amide bonds. The van der Waals surface area contributed by atoms with Gasteiger partial charge < -0.3 is 14.0 Å². The third-order valence-electron chi connectivity index (χ3n) is 5.01. The number of carbonyl (C=O) groups excluding carboxylic acids is 1. The summed E-state index contributed by atoms with van der Waals surface area (Å²) >= 11 is 0. The molecule has 0 spiro atoms. The number of hydrogen-bond donors (Lipinski definition) is 0. The third kappa shape index (κ3) is 2.53. The first-order chi connectivity index (χ1) is 9.11. The van der Waals surface area contributed by atoms with E-state index < -0.39 is 5.41 Å². The van der Waals surface area contributed by atoms with E-state index in [9.17, 15) is 4.79 Å². The third-order valence-corrected chi connectivity index (χ3v) is 5.01. The molecule has 1 unspecified atom stereocenters. The summed E-state index contributed by atoms with van der Waals surface area (Å²) in [7, 11) is 1.16. The normalized spacial score (nSPS) is 31.9. The van der Waals surface area contributed by atoms with Crippen LogP contribution in [0.4, 0.5) is 0 Å². The van der Waals surface area contributed by atoms with Crippen LogP contribution in [0.3, 0.4) is 0 Å². The van der Waals surface area contributed by atoms with Crippen LogP contribution in [0.15, 0.2) is 11.5 Å². The Morgan fingerprint density at radius 2 is 1.75 bits per heavy atom. The molecule has 5 heteroatoms. The Balaban J connectivity index is 2.09. The second kappa shape index (κ2) is 4.88. The maximum Gasteiger partial charge on any atom is 0.490 e. The van der Waals surface area contributed by atoms with Crippen LogP contribution in [0.25, 0.3) is 0 Å². The van der Waals surface area contributed by atoms with Gasteiger partial charge in [0.1, 0.15) is 0 Å². The summed E-state index contributed by atoms with van der Waals surface area (Å²) in [4.78, 5) is 11.8. The molecule has 1 aliphatic carbocycles. The highest BCUT2D eigenvalue weighted by atomic mass is 16.7. The highest BCUT2D eigenvalue weighted by Crippen LogP contribution is 2.43. The Labute approximate surface area is 122 Å². The van der Waals surface area contributed by atoms with Crippen molar-refractivity contribution >= 4 is 13.1 Å². The van der Waals surface area contributed by atoms with E-state index >= 15 is 0 Å². The van der Waals surface area contributed by atoms with Gasteiger partial charge in [0.25, 0.3) is 0 Å². The Kier molecular flexibility index (Phi) is 3.80. The molecule has 2 rings (SSSR count). The van der Waals surface area contributed by atoms with Gasteiger partial charge in [-0.1, -0.05) is 6.08 Å². The van der Waals surface area contributed by atoms with Crippen molar-refractivity contribution in [3.63, 3.8) is 0 Å². The zero-order valence-electron chi connectivity index (χ0n) is 13.4. The first-order valence-electron chi connectivity index (χ1n) is 7.24. The molecule has 0 aromatic carbocycles. The van der Waals surface area contributed by atoms with Gasteiger partial charge in [0, 0.05) is 0 Å². The lowest BCUT2D eigenvalue weighted by Gasteiger charge is -2.32. The molecule has 0 aromatic rings. The molecule has 4 nitrogen and oxygen atoms in total. The maximum absolute atomic E-state index is 11.8. The monoisotopic (exact) mass is 280 g/mol. The fourth-order valence-electron chi connectivity index (χ4n) is 2.62. The van der Waals surface area contributed by atoms with Crippen molar-refractivity contribution in [2.45, 2.75) is 65.1 Å². The number of allylic oxidation sites excluding steroid dienone is 2. The van der Waals surface area contributed by atoms with E-state index in [1.807, 2.05) is 6.92 Å². The molecule has 1 atom stereocenters. The van der Waals surface area contributed by atoms with Crippen LogP contribution in [-0.4, -0.2) is 31.4 Å². The number of rotatable bonds is 2. The zero-order chi connectivity index (χ0) is 15.2. The lowest BCUT2D eigenvalue weighted by Crippen LogP contribution is -2.41. The summed E-state index contributed by atoms with van der Waals surface area (Å²) in [5.41, 5.74) is 0.0931. The number of esters is 1. The predicted octanol–water partition coefficient (Wildman–Crippen LogP) is 2.91. The Morgan fingerprint density at radius 3 is 2.15 bits per heavy atom. The van der Waals surface area contributed by atoms with Gasteiger partial charge in [-0.2, -0.15) is 0 Å². The van der Waals surface area contributed by atoms with Crippen molar-refractivity contribution in [1.82, 2.24) is 0 Å². The van der Waals surface area contributed by atoms with Crippen molar-refractivity contribution in [3.05, 3.63) is 11.5 Å². The van der Waals surface area contributed by atoms with Gasteiger partial charge in [-0.3, -0.25) is 4.79 Å². The van der Waals surface area contributed by atoms with E-state index in [-0.39, 0.29) is 24.3 Å². The fraction of sp³-hybridized carbons (Fsp3) is 0.800. The first kappa shape index (κ1) is 15.6. The van der Waals surface area contributed by atoms with E-state index in [0.29, 0.717) is 6.42 Å². The van der Waals surface area contributed by atoms with E-state index in [4.69, 9.17) is 14.0 Å². The molecule has 1 fully saturated rings. The number of methoxy groups -OCH3 is 1. The largest absolute Gasteiger partial charge is 0.490 e. The van der Waals surface area contributed by atoms with Gasteiger partial charge in [-0.15, -0.1) is 0 Å². The second-order valence-electron chi connectivity index (χ2n) is 7.12. The average Bonchev–Trinajstić information content (AvgIpc) is 2.58. The lowest BCUT2D eigenvalue weighted by molar-refractivity contribution is -0.152. The van der Waals surface area contributed by atoms with Gasteiger partial charge in [-0.05, 0) is 59.4 Å². The first-order valence-corrected chi connectivity index (χ1v) is 7.24. The van der Waals surface area contributed by atoms with Gasteiger partial charge in [0.15, 0.2) is 0 Å². The average molecular weight is 280 g/mol. The van der Waals surface area contributed by atoms with Crippen LogP contribution < -0.4 is 0 Å². The molecule has 0 bridgehead atoms. The van der Waals surface area contributed by atoms with Crippen molar-refractivity contribution in [1.29, 1.82) is 0 Å². The van der Waals surface area contributed by atoms with Crippen molar-refractivity contribution in [2.24, 2.45) is 5.41 Å². The van der Waals surface area contributed by atoms with E-state index in [0.717, 1.165) is 18.3 Å². The summed E-state index contributed by atoms with van der Waals surface area (Å²) in [6.45, 7) is 10.2. The summed E-state index contributed by atoms with van der Waals surface area (Å²) in [6, 6.07) is 0. The van der Waals surface area contributed by atoms with Gasteiger partial charge >= 0.3 is 13.1 Å². The molecule has 0 radical (unpaired) electrons. The Morgan fingerprint density at radius 1 is 1.20 bits per heavy atom. The standard InChI is InChI=1S/C15H25BO4/c1-13(2)14(3,4)20-16(19-13)11-7-9-15(5,10-8-11)12(17)18-6/h7H,8-10H2,1-6H3. The number of ether oxygens (including phenoxy) is 1. The minimum atomic E-state index is -0.415. The molecule has 1 saturated heterocycles. The summed E-state index contributed by atoms with van der Waals surface area (Å²) in [6.07, 6.45) is 4.35. The lowest BCUT2D eigenvalue weighted by atomic mass is 9.66. The minimum Gasteiger partial charge on any atom is -0.469 e. The van der Waals surface area contributed by atoms with Crippen LogP contribution >= 0.6 is 0 Å². The van der Waals surface area contributed by atoms with Crippen LogP contribution in [0, 0.1) is 5.41 Å². The van der Waals surface area contributed by atoms with Crippen LogP contribution in [0.2, 0.25) is 0 Å². The maximum atomic E-state index is 11.8. The van der Waals surface area contributed by atoms with Crippen LogP contribution in [-0.2, 0) is 18.8 Å². The molecule has 2 aliphatic rings. The molecule has 0 saturated carbocycles. The van der Waals surface area contributed by atoms with Crippen LogP contribution in [0.5, 0.6) is 0 Å². The van der Waals surface area contributed by atoms with Crippen LogP contribution in [0.1, 0.15) is 53.9 Å². The number of hydrogen-bond acceptors (Lipinski definition) is 4. The SMILES string of the molecule is COC(=O)C1(C)CC=C(B2OC(C)(C)C(C)(C)O2)CC1. The summed E-state index contributed by atoms with van der Waals surface area (Å²) < 4.78 is 17.0. The smallest absolute Gasteiger partial charge is 0.469 e. The molecular weight excluding hydrogens is 255 g/mol. The van der Waals surface area contributed by atoms with E-state index in [2.05, 4.69) is 33.8 Å². The highest BCUT2D eigenvalue weighted by Gasteiger charge is 2.53. The van der Waals surface area contributed by atoms with Crippen molar-refractivity contribution in [2.75, 3.05) is 7.11 Å². The molecule has 0 N–H and O–H groups in total. The number of carbonyl (C=O) groups is 1. The van der Waals surface area contributed by atoms with Crippen molar-refractivity contribution in [3.8, 4) is 0 Å². The predicted molar refractivity (Wildman–Crippen MR) is 78.1 cm³/mol. The highest BCUT2D eigenvalue weighted by molar-refractivity contribution is 6.54. The quantitative estimate of drug-likeness (QED) is 0.576. The fourth-order valence-corrected chi connectivity index (χ4v) is 2.62. The topological polar surface area (TPSA) is 44.8 Å². The molecule has 1 heterocycles. The molecule has 112 valence electrons. The van der Waals surface area contributed by atoms with E-state index in [1.54, 1.807) is 0 Å². The van der Waals surface area contributed by atoms with Crippen molar-refractivity contribution < 1.29 is 18.8 Å². The molecule has 20 heavy (non-hydrogen) atoms. The Bertz CT molecular complexity index is 425. The zero-order valence-corrected chi connectivity index (χ0v) is 13.4. The molecule has 0 aromatic heterocycles. The molecule has 1 aliphatic heterocycles. The Hall–Kier alpha value is -0.805. The summed E-state index contributed by atoms with van der Waals surface area (Å²) in [5, 5.41) is 0. The second-order valence-corrected chi connectivity index (χ2v) is 7.12. The summed E-state index contributed by atoms with van der Waals surface area (Å²) in [5.74, 6) is -0.137. The van der Waals surface area contributed by atoms with Gasteiger partial charge in [-0.25, -0.2) is 0 Å². The van der Waals surface area contributed by atoms with Gasteiger partial charge in [0.05, 0.1) is 23.7 Å². The van der Waals surface area contributed by atoms with Gasteiger partial charge in [0.2, 0.25) is 0 Å². The minimum absolute atomic E-state index is 0.137.